The van der Waals surface area contributed by atoms with Crippen molar-refractivity contribution in [2.45, 2.75) is 19.3 Å². The molecule has 0 aliphatic heterocycles. The monoisotopic (exact) mass is 214 g/mol. The zero-order valence-electron chi connectivity index (χ0n) is 7.80. The standard InChI is InChI=1S/C11H12ClFO/c12-7-2-1-6-11(14)9-4-3-5-10(13)8-9/h3-5,8H,1-2,6-7H2. The summed E-state index contributed by atoms with van der Waals surface area (Å²) in [6, 6.07) is 5.77. The van der Waals surface area contributed by atoms with Gasteiger partial charge in [-0.15, -0.1) is 11.6 Å². The van der Waals surface area contributed by atoms with Crippen molar-refractivity contribution < 1.29 is 9.18 Å². The van der Waals surface area contributed by atoms with E-state index in [-0.39, 0.29) is 11.6 Å². The predicted octanol–water partition coefficient (Wildman–Crippen LogP) is 3.42. The molecule has 3 heteroatoms. The molecule has 76 valence electrons. The van der Waals surface area contributed by atoms with Gasteiger partial charge in [0.25, 0.3) is 0 Å². The van der Waals surface area contributed by atoms with Crippen LogP contribution in [0.25, 0.3) is 0 Å². The molecule has 0 aliphatic carbocycles. The zero-order valence-corrected chi connectivity index (χ0v) is 8.56. The SMILES string of the molecule is O=C(CCCCCl)c1cccc(F)c1. The average molecular weight is 215 g/mol. The first-order valence-electron chi connectivity index (χ1n) is 4.59. The molecule has 0 fully saturated rings. The van der Waals surface area contributed by atoms with Crippen LogP contribution >= 0.6 is 11.6 Å². The van der Waals surface area contributed by atoms with E-state index >= 15 is 0 Å². The van der Waals surface area contributed by atoms with Gasteiger partial charge in [0.15, 0.2) is 5.78 Å². The van der Waals surface area contributed by atoms with Gasteiger partial charge in [0, 0.05) is 17.9 Å². The summed E-state index contributed by atoms with van der Waals surface area (Å²) in [5, 5.41) is 0. The molecule has 1 rings (SSSR count). The molecule has 0 N–H and O–H groups in total. The Labute approximate surface area is 87.9 Å². The number of ketones is 1. The highest BCUT2D eigenvalue weighted by Gasteiger charge is 2.05. The van der Waals surface area contributed by atoms with Crippen molar-refractivity contribution in [2.24, 2.45) is 0 Å². The van der Waals surface area contributed by atoms with Crippen LogP contribution in [0.4, 0.5) is 4.39 Å². The summed E-state index contributed by atoms with van der Waals surface area (Å²) in [6.07, 6.45) is 2.03. The van der Waals surface area contributed by atoms with Gasteiger partial charge in [-0.05, 0) is 25.0 Å². The van der Waals surface area contributed by atoms with Crippen LogP contribution in [-0.2, 0) is 0 Å². The predicted molar refractivity (Wildman–Crippen MR) is 55.3 cm³/mol. The fourth-order valence-corrected chi connectivity index (χ4v) is 1.38. The summed E-state index contributed by atoms with van der Waals surface area (Å²) >= 11 is 5.48. The lowest BCUT2D eigenvalue weighted by atomic mass is 10.1. The highest BCUT2D eigenvalue weighted by molar-refractivity contribution is 6.17. The molecule has 0 spiro atoms. The van der Waals surface area contributed by atoms with Crippen LogP contribution < -0.4 is 0 Å². The normalized spacial score (nSPS) is 10.1. The Morgan fingerprint density at radius 1 is 1.36 bits per heavy atom. The third-order valence-electron chi connectivity index (χ3n) is 1.93. The molecule has 0 atom stereocenters. The largest absolute Gasteiger partial charge is 0.294 e. The molecule has 0 radical (unpaired) electrons. The molecule has 0 aromatic heterocycles. The quantitative estimate of drug-likeness (QED) is 0.417. The molecule has 1 aromatic rings. The van der Waals surface area contributed by atoms with E-state index in [1.165, 1.54) is 12.1 Å². The van der Waals surface area contributed by atoms with Crippen molar-refractivity contribution >= 4 is 17.4 Å². The van der Waals surface area contributed by atoms with E-state index in [9.17, 15) is 9.18 Å². The number of Topliss-reactive ketones (excluding diaryl/α,β-unsaturated/α-hetero) is 1. The van der Waals surface area contributed by atoms with E-state index in [1.807, 2.05) is 0 Å². The maximum atomic E-state index is 12.7. The fraction of sp³-hybridized carbons (Fsp3) is 0.364. The summed E-state index contributed by atoms with van der Waals surface area (Å²) in [5.41, 5.74) is 0.444. The summed E-state index contributed by atoms with van der Waals surface area (Å²) in [7, 11) is 0. The molecule has 1 nitrogen and oxygen atoms in total. The van der Waals surface area contributed by atoms with Crippen LogP contribution in [0, 0.1) is 5.82 Å². The number of rotatable bonds is 5. The van der Waals surface area contributed by atoms with Crippen molar-refractivity contribution in [3.05, 3.63) is 35.6 Å². The molecule has 0 saturated heterocycles. The van der Waals surface area contributed by atoms with Crippen LogP contribution in [0.2, 0.25) is 0 Å². The third-order valence-corrected chi connectivity index (χ3v) is 2.20. The Hall–Kier alpha value is -0.890. The van der Waals surface area contributed by atoms with E-state index in [1.54, 1.807) is 12.1 Å². The van der Waals surface area contributed by atoms with Gasteiger partial charge in [-0.25, -0.2) is 4.39 Å². The minimum atomic E-state index is -0.367. The molecule has 0 heterocycles. The van der Waals surface area contributed by atoms with E-state index in [2.05, 4.69) is 0 Å². The van der Waals surface area contributed by atoms with Crippen molar-refractivity contribution in [1.29, 1.82) is 0 Å². The zero-order chi connectivity index (χ0) is 10.4. The number of hydrogen-bond donors (Lipinski definition) is 0. The van der Waals surface area contributed by atoms with Crippen LogP contribution in [0.1, 0.15) is 29.6 Å². The number of carbonyl (C=O) groups excluding carboxylic acids is 1. The lowest BCUT2D eigenvalue weighted by Gasteiger charge is -1.99. The lowest BCUT2D eigenvalue weighted by molar-refractivity contribution is 0.0979. The number of benzene rings is 1. The number of halogens is 2. The second-order valence-corrected chi connectivity index (χ2v) is 3.46. The Morgan fingerprint density at radius 3 is 2.79 bits per heavy atom. The Balaban J connectivity index is 2.52. The van der Waals surface area contributed by atoms with Crippen LogP contribution in [0.3, 0.4) is 0 Å². The minimum absolute atomic E-state index is 0.0189. The molecule has 14 heavy (non-hydrogen) atoms. The molecule has 0 aliphatic rings. The second kappa shape index (κ2) is 5.76. The number of hydrogen-bond acceptors (Lipinski definition) is 1. The number of alkyl halides is 1. The van der Waals surface area contributed by atoms with Crippen molar-refractivity contribution in [3.63, 3.8) is 0 Å². The van der Waals surface area contributed by atoms with Gasteiger partial charge >= 0.3 is 0 Å². The molecular weight excluding hydrogens is 203 g/mol. The summed E-state index contributed by atoms with van der Waals surface area (Å²) < 4.78 is 12.7. The van der Waals surface area contributed by atoms with E-state index in [0.29, 0.717) is 17.9 Å². The first-order valence-corrected chi connectivity index (χ1v) is 5.12. The highest BCUT2D eigenvalue weighted by Crippen LogP contribution is 2.09. The second-order valence-electron chi connectivity index (χ2n) is 3.08. The van der Waals surface area contributed by atoms with Crippen molar-refractivity contribution in [3.8, 4) is 0 Å². The van der Waals surface area contributed by atoms with Gasteiger partial charge in [0.05, 0.1) is 0 Å². The smallest absolute Gasteiger partial charge is 0.162 e. The van der Waals surface area contributed by atoms with Crippen LogP contribution in [0.5, 0.6) is 0 Å². The topological polar surface area (TPSA) is 17.1 Å². The maximum absolute atomic E-state index is 12.7. The molecule has 0 bridgehead atoms. The van der Waals surface area contributed by atoms with Gasteiger partial charge in [0.2, 0.25) is 0 Å². The van der Waals surface area contributed by atoms with E-state index < -0.39 is 0 Å². The average Bonchev–Trinajstić information content (AvgIpc) is 2.18. The number of carbonyl (C=O) groups is 1. The summed E-state index contributed by atoms with van der Waals surface area (Å²) in [6.45, 7) is 0. The fourth-order valence-electron chi connectivity index (χ4n) is 1.19. The van der Waals surface area contributed by atoms with Crippen molar-refractivity contribution in [2.75, 3.05) is 5.88 Å². The Bertz CT molecular complexity index is 312. The van der Waals surface area contributed by atoms with Gasteiger partial charge in [-0.2, -0.15) is 0 Å². The van der Waals surface area contributed by atoms with Gasteiger partial charge in [-0.3, -0.25) is 4.79 Å². The lowest BCUT2D eigenvalue weighted by Crippen LogP contribution is -1.99. The van der Waals surface area contributed by atoms with Crippen LogP contribution in [0.15, 0.2) is 24.3 Å². The molecular formula is C11H12ClFO. The highest BCUT2D eigenvalue weighted by atomic mass is 35.5. The molecule has 0 unspecified atom stereocenters. The van der Waals surface area contributed by atoms with E-state index in [4.69, 9.17) is 11.6 Å². The number of unbranched alkanes of at least 4 members (excludes halogenated alkanes) is 1. The third kappa shape index (κ3) is 3.46. The van der Waals surface area contributed by atoms with Crippen molar-refractivity contribution in [1.82, 2.24) is 0 Å². The molecule has 0 saturated carbocycles. The summed E-state index contributed by atoms with van der Waals surface area (Å²) in [5.74, 6) is 0.180. The Kier molecular flexibility index (Phi) is 4.60. The first-order chi connectivity index (χ1) is 6.74. The van der Waals surface area contributed by atoms with Gasteiger partial charge < -0.3 is 0 Å². The van der Waals surface area contributed by atoms with E-state index in [0.717, 1.165) is 12.8 Å². The first kappa shape index (κ1) is 11.2. The van der Waals surface area contributed by atoms with Gasteiger partial charge in [-0.1, -0.05) is 12.1 Å². The molecule has 1 aromatic carbocycles. The maximum Gasteiger partial charge on any atom is 0.162 e. The van der Waals surface area contributed by atoms with Gasteiger partial charge in [0.1, 0.15) is 5.82 Å². The molecule has 0 amide bonds. The summed E-state index contributed by atoms with van der Waals surface area (Å²) in [4.78, 5) is 11.5. The van der Waals surface area contributed by atoms with Crippen LogP contribution in [-0.4, -0.2) is 11.7 Å². The minimum Gasteiger partial charge on any atom is -0.294 e. The Morgan fingerprint density at radius 2 is 2.14 bits per heavy atom.